The standard InChI is InChI=1S/C30H28F3N5O4/c31-30(32,33)21-8-5-9-22(17-21)35-13-12-26(34)37-28(40)24-18-23(38-14-2-1-3-15-38)10-11-25(24)36-27(39)19-6-4-7-20(16-19)29(41)42/h4-11,13,16-18H,1-3,12,14-15H2,(H,36,39)(H,41,42)(H2,34,37,40). The molecule has 0 saturated carbocycles. The summed E-state index contributed by atoms with van der Waals surface area (Å²) in [6, 6.07) is 14.9. The second-order valence-electron chi connectivity index (χ2n) is 9.59. The minimum absolute atomic E-state index is 0.0650. The highest BCUT2D eigenvalue weighted by Crippen LogP contribution is 2.31. The SMILES string of the molecule is NC(CC=Nc1cccc(C(F)(F)F)c1)=NC(=O)c1cc(N2CCCCC2)ccc1NC(=O)c1cccc(C(=O)O)c1. The molecule has 1 saturated heterocycles. The lowest BCUT2D eigenvalue weighted by molar-refractivity contribution is -0.137. The van der Waals surface area contributed by atoms with Crippen LogP contribution in [0.25, 0.3) is 0 Å². The Kier molecular flexibility index (Phi) is 9.35. The molecule has 4 rings (SSSR count). The van der Waals surface area contributed by atoms with Crippen molar-refractivity contribution in [2.45, 2.75) is 31.9 Å². The third-order valence-corrected chi connectivity index (χ3v) is 6.53. The van der Waals surface area contributed by atoms with E-state index in [-0.39, 0.29) is 40.3 Å². The van der Waals surface area contributed by atoms with Gasteiger partial charge < -0.3 is 21.1 Å². The van der Waals surface area contributed by atoms with E-state index in [1.807, 2.05) is 0 Å². The largest absolute Gasteiger partial charge is 0.478 e. The fraction of sp³-hybridized carbons (Fsp3) is 0.233. The zero-order chi connectivity index (χ0) is 30.3. The van der Waals surface area contributed by atoms with Gasteiger partial charge in [0.05, 0.1) is 28.1 Å². The van der Waals surface area contributed by atoms with Crippen LogP contribution in [0.3, 0.4) is 0 Å². The number of amidine groups is 1. The van der Waals surface area contributed by atoms with Crippen LogP contribution in [0.4, 0.5) is 30.2 Å². The molecule has 9 nitrogen and oxygen atoms in total. The second kappa shape index (κ2) is 13.1. The molecule has 3 aromatic rings. The lowest BCUT2D eigenvalue weighted by Gasteiger charge is -2.29. The maximum absolute atomic E-state index is 13.3. The molecule has 0 aliphatic carbocycles. The monoisotopic (exact) mass is 579 g/mol. The first-order chi connectivity index (χ1) is 20.0. The molecule has 0 atom stereocenters. The van der Waals surface area contributed by atoms with Crippen molar-refractivity contribution in [2.75, 3.05) is 23.3 Å². The van der Waals surface area contributed by atoms with Gasteiger partial charge >= 0.3 is 12.1 Å². The van der Waals surface area contributed by atoms with Crippen LogP contribution in [0.1, 0.15) is 62.3 Å². The number of benzene rings is 3. The van der Waals surface area contributed by atoms with E-state index >= 15 is 0 Å². The van der Waals surface area contributed by atoms with Crippen molar-refractivity contribution in [2.24, 2.45) is 15.7 Å². The van der Waals surface area contributed by atoms with Gasteiger partial charge in [0.15, 0.2) is 0 Å². The molecule has 0 spiro atoms. The number of alkyl halides is 3. The van der Waals surface area contributed by atoms with E-state index in [4.69, 9.17) is 5.73 Å². The topological polar surface area (TPSA) is 137 Å². The van der Waals surface area contributed by atoms with Crippen LogP contribution in [-0.2, 0) is 6.18 Å². The molecule has 3 aromatic carbocycles. The normalized spacial score (nSPS) is 14.2. The van der Waals surface area contributed by atoms with Crippen LogP contribution >= 0.6 is 0 Å². The number of nitrogens with one attached hydrogen (secondary N) is 1. The predicted octanol–water partition coefficient (Wildman–Crippen LogP) is 5.94. The molecular weight excluding hydrogens is 551 g/mol. The number of nitrogens with zero attached hydrogens (tertiary/aromatic N) is 3. The van der Waals surface area contributed by atoms with Gasteiger partial charge in [-0.3, -0.25) is 14.6 Å². The van der Waals surface area contributed by atoms with Crippen molar-refractivity contribution >= 4 is 46.9 Å². The van der Waals surface area contributed by atoms with E-state index in [1.54, 1.807) is 18.2 Å². The number of anilines is 2. The van der Waals surface area contributed by atoms with Crippen LogP contribution in [-0.4, -0.2) is 48.0 Å². The Morgan fingerprint density at radius 3 is 2.38 bits per heavy atom. The van der Waals surface area contributed by atoms with Crippen molar-refractivity contribution in [1.29, 1.82) is 0 Å². The van der Waals surface area contributed by atoms with E-state index in [9.17, 15) is 32.7 Å². The minimum Gasteiger partial charge on any atom is -0.478 e. The number of amides is 2. The fourth-order valence-electron chi connectivity index (χ4n) is 4.40. The van der Waals surface area contributed by atoms with Gasteiger partial charge in [0.1, 0.15) is 5.84 Å². The van der Waals surface area contributed by atoms with Crippen LogP contribution in [0, 0.1) is 0 Å². The average Bonchev–Trinajstić information content (AvgIpc) is 2.97. The first-order valence-electron chi connectivity index (χ1n) is 13.1. The first-order valence-corrected chi connectivity index (χ1v) is 13.1. The molecule has 0 radical (unpaired) electrons. The molecule has 1 fully saturated rings. The van der Waals surface area contributed by atoms with Crippen LogP contribution in [0.5, 0.6) is 0 Å². The third-order valence-electron chi connectivity index (χ3n) is 6.53. The quantitative estimate of drug-likeness (QED) is 0.223. The molecule has 0 unspecified atom stereocenters. The van der Waals surface area contributed by atoms with Gasteiger partial charge in [-0.25, -0.2) is 4.79 Å². The summed E-state index contributed by atoms with van der Waals surface area (Å²) in [5.41, 5.74) is 6.18. The Morgan fingerprint density at radius 1 is 0.952 bits per heavy atom. The molecule has 0 aromatic heterocycles. The van der Waals surface area contributed by atoms with Gasteiger partial charge in [-0.15, -0.1) is 0 Å². The number of halogens is 3. The number of aliphatic imine (C=N–C) groups is 2. The van der Waals surface area contributed by atoms with E-state index in [2.05, 4.69) is 20.2 Å². The maximum Gasteiger partial charge on any atom is 0.416 e. The molecule has 1 heterocycles. The van der Waals surface area contributed by atoms with Gasteiger partial charge in [0, 0.05) is 37.0 Å². The smallest absolute Gasteiger partial charge is 0.416 e. The summed E-state index contributed by atoms with van der Waals surface area (Å²) in [5, 5.41) is 11.9. The van der Waals surface area contributed by atoms with Crippen LogP contribution in [0.15, 0.2) is 76.7 Å². The minimum atomic E-state index is -4.51. The van der Waals surface area contributed by atoms with E-state index in [0.29, 0.717) is 0 Å². The average molecular weight is 580 g/mol. The molecule has 12 heteroatoms. The number of hydrogen-bond acceptors (Lipinski definition) is 5. The lowest BCUT2D eigenvalue weighted by atomic mass is 10.1. The predicted molar refractivity (Wildman–Crippen MR) is 154 cm³/mol. The number of piperidine rings is 1. The number of carboxylic acids is 1. The number of carbonyl (C=O) groups is 3. The summed E-state index contributed by atoms with van der Waals surface area (Å²) in [5.74, 6) is -2.69. The van der Waals surface area contributed by atoms with Gasteiger partial charge in [-0.1, -0.05) is 12.1 Å². The zero-order valence-corrected chi connectivity index (χ0v) is 22.4. The number of nitrogens with two attached hydrogens (primary N) is 1. The fourth-order valence-corrected chi connectivity index (χ4v) is 4.40. The van der Waals surface area contributed by atoms with Gasteiger partial charge in [0.2, 0.25) is 0 Å². The summed E-state index contributed by atoms with van der Waals surface area (Å²) < 4.78 is 38.8. The van der Waals surface area contributed by atoms with Crippen molar-refractivity contribution in [1.82, 2.24) is 0 Å². The summed E-state index contributed by atoms with van der Waals surface area (Å²) >= 11 is 0. The van der Waals surface area contributed by atoms with Crippen molar-refractivity contribution < 1.29 is 32.7 Å². The van der Waals surface area contributed by atoms with E-state index in [0.717, 1.165) is 50.2 Å². The first kappa shape index (κ1) is 30.0. The number of hydrogen-bond donors (Lipinski definition) is 3. The lowest BCUT2D eigenvalue weighted by Crippen LogP contribution is -2.29. The van der Waals surface area contributed by atoms with Crippen molar-refractivity contribution in [3.8, 4) is 0 Å². The van der Waals surface area contributed by atoms with E-state index in [1.165, 1.54) is 42.6 Å². The second-order valence-corrected chi connectivity index (χ2v) is 9.59. The zero-order valence-electron chi connectivity index (χ0n) is 22.4. The Bertz CT molecular complexity index is 1550. The Labute approximate surface area is 239 Å². The van der Waals surface area contributed by atoms with Gasteiger partial charge in [-0.2, -0.15) is 18.2 Å². The summed E-state index contributed by atoms with van der Waals surface area (Å²) in [6.07, 6.45) is -0.264. The Morgan fingerprint density at radius 2 is 1.67 bits per heavy atom. The third kappa shape index (κ3) is 7.80. The number of aromatic carboxylic acids is 1. The van der Waals surface area contributed by atoms with Crippen molar-refractivity contribution in [3.05, 3.63) is 89.0 Å². The molecule has 1 aliphatic heterocycles. The number of carbonyl (C=O) groups excluding carboxylic acids is 2. The number of rotatable bonds is 8. The van der Waals surface area contributed by atoms with Crippen LogP contribution in [0.2, 0.25) is 0 Å². The highest BCUT2D eigenvalue weighted by atomic mass is 19.4. The molecule has 4 N–H and O–H groups in total. The molecule has 218 valence electrons. The molecular formula is C30H28F3N5O4. The van der Waals surface area contributed by atoms with Crippen molar-refractivity contribution in [3.63, 3.8) is 0 Å². The molecule has 1 aliphatic rings. The highest BCUT2D eigenvalue weighted by molar-refractivity contribution is 6.13. The van der Waals surface area contributed by atoms with Gasteiger partial charge in [-0.05, 0) is 73.9 Å². The Balaban J connectivity index is 1.56. The summed E-state index contributed by atoms with van der Waals surface area (Å²) in [7, 11) is 0. The Hall–Kier alpha value is -5.00. The summed E-state index contributed by atoms with van der Waals surface area (Å²) in [6.45, 7) is 1.61. The molecule has 0 bridgehead atoms. The highest BCUT2D eigenvalue weighted by Gasteiger charge is 2.30. The number of carboxylic acid groups (broad SMARTS) is 1. The van der Waals surface area contributed by atoms with Crippen LogP contribution < -0.4 is 16.0 Å². The van der Waals surface area contributed by atoms with E-state index < -0.39 is 29.5 Å². The summed E-state index contributed by atoms with van der Waals surface area (Å²) in [4.78, 5) is 47.6. The molecule has 2 amide bonds. The van der Waals surface area contributed by atoms with Gasteiger partial charge in [0.25, 0.3) is 11.8 Å². The molecule has 42 heavy (non-hydrogen) atoms. The maximum atomic E-state index is 13.3.